The van der Waals surface area contributed by atoms with Gasteiger partial charge in [0.25, 0.3) is 0 Å². The van der Waals surface area contributed by atoms with Crippen LogP contribution in [0.2, 0.25) is 0 Å². The van der Waals surface area contributed by atoms with Gasteiger partial charge in [-0.3, -0.25) is 10.9 Å². The molecule has 0 spiro atoms. The molecular formula is C15H30N6O2. The molecule has 0 heterocycles. The molecule has 2 rings (SSSR count). The molecule has 0 radical (unpaired) electrons. The van der Waals surface area contributed by atoms with Gasteiger partial charge >= 0.3 is 12.1 Å². The summed E-state index contributed by atoms with van der Waals surface area (Å²) in [5.41, 5.74) is 4.24. The topological polar surface area (TPSA) is 134 Å². The number of hydrogen-bond donors (Lipinski definition) is 6. The lowest BCUT2D eigenvalue weighted by atomic mass is 9.76. The van der Waals surface area contributed by atoms with Crippen molar-refractivity contribution in [1.82, 2.24) is 21.5 Å². The molecule has 0 atom stereocenters. The van der Waals surface area contributed by atoms with Gasteiger partial charge in [0, 0.05) is 12.1 Å². The Bertz CT molecular complexity index is 353. The van der Waals surface area contributed by atoms with Crippen molar-refractivity contribution in [3.05, 3.63) is 0 Å². The van der Waals surface area contributed by atoms with Crippen LogP contribution in [-0.4, -0.2) is 24.1 Å². The Labute approximate surface area is 137 Å². The van der Waals surface area contributed by atoms with Crippen LogP contribution in [0.3, 0.4) is 0 Å². The van der Waals surface area contributed by atoms with E-state index in [1.54, 1.807) is 0 Å². The van der Waals surface area contributed by atoms with E-state index in [4.69, 9.17) is 11.7 Å². The third-order valence-electron chi connectivity index (χ3n) is 5.29. The fourth-order valence-corrected chi connectivity index (χ4v) is 4.01. The molecule has 0 aromatic rings. The van der Waals surface area contributed by atoms with Crippen LogP contribution < -0.4 is 33.2 Å². The maximum atomic E-state index is 11.2. The third-order valence-corrected chi connectivity index (χ3v) is 5.29. The van der Waals surface area contributed by atoms with Crippen LogP contribution in [0.25, 0.3) is 0 Å². The summed E-state index contributed by atoms with van der Waals surface area (Å²) in [5, 5.41) is 5.78. The number of amides is 4. The van der Waals surface area contributed by atoms with Crippen LogP contribution in [0.15, 0.2) is 0 Å². The quantitative estimate of drug-likeness (QED) is 0.259. The summed E-state index contributed by atoms with van der Waals surface area (Å²) in [6, 6.07) is -0.0735. The Kier molecular flexibility index (Phi) is 6.91. The number of carbonyl (C=O) groups excluding carboxylic acids is 2. The Balaban J connectivity index is 1.62. The van der Waals surface area contributed by atoms with Gasteiger partial charge in [0.1, 0.15) is 0 Å². The van der Waals surface area contributed by atoms with E-state index in [1.165, 1.54) is 32.1 Å². The van der Waals surface area contributed by atoms with E-state index >= 15 is 0 Å². The Morgan fingerprint density at radius 2 is 1.04 bits per heavy atom. The zero-order valence-electron chi connectivity index (χ0n) is 13.6. The van der Waals surface area contributed by atoms with E-state index < -0.39 is 0 Å². The molecule has 2 saturated carbocycles. The molecule has 8 nitrogen and oxygen atoms in total. The Morgan fingerprint density at radius 1 is 0.696 bits per heavy atom. The molecule has 23 heavy (non-hydrogen) atoms. The number of nitrogens with one attached hydrogen (secondary N) is 4. The van der Waals surface area contributed by atoms with Gasteiger partial charge in [-0.25, -0.2) is 21.3 Å². The minimum atomic E-state index is -0.291. The van der Waals surface area contributed by atoms with Crippen molar-refractivity contribution >= 4 is 12.1 Å². The highest BCUT2D eigenvalue weighted by atomic mass is 16.2. The third kappa shape index (κ3) is 5.87. The fraction of sp³-hybridized carbons (Fsp3) is 0.867. The van der Waals surface area contributed by atoms with Gasteiger partial charge in [-0.05, 0) is 69.6 Å². The van der Waals surface area contributed by atoms with Crippen LogP contribution >= 0.6 is 0 Å². The Morgan fingerprint density at radius 3 is 1.35 bits per heavy atom. The molecule has 2 aliphatic carbocycles. The van der Waals surface area contributed by atoms with Gasteiger partial charge < -0.3 is 10.6 Å². The second-order valence-corrected chi connectivity index (χ2v) is 6.91. The van der Waals surface area contributed by atoms with E-state index in [1.807, 2.05) is 0 Å². The summed E-state index contributed by atoms with van der Waals surface area (Å²) in [6.07, 6.45) is 10.1. The average molecular weight is 326 g/mol. The van der Waals surface area contributed by atoms with Crippen molar-refractivity contribution in [2.45, 2.75) is 69.9 Å². The normalized spacial score (nSPS) is 31.0. The first-order chi connectivity index (χ1) is 11.1. The molecule has 0 bridgehead atoms. The molecule has 0 aliphatic heterocycles. The van der Waals surface area contributed by atoms with Crippen molar-refractivity contribution in [3.8, 4) is 0 Å². The fourth-order valence-electron chi connectivity index (χ4n) is 4.01. The number of carbonyl (C=O) groups is 2. The van der Waals surface area contributed by atoms with Crippen molar-refractivity contribution in [3.63, 3.8) is 0 Å². The van der Waals surface area contributed by atoms with Crippen LogP contribution in [0.4, 0.5) is 9.59 Å². The van der Waals surface area contributed by atoms with Gasteiger partial charge in [-0.2, -0.15) is 0 Å². The highest BCUT2D eigenvalue weighted by Crippen LogP contribution is 2.35. The molecule has 8 heteroatoms. The molecule has 0 unspecified atom stereocenters. The highest BCUT2D eigenvalue weighted by molar-refractivity contribution is 5.73. The van der Waals surface area contributed by atoms with Crippen LogP contribution in [0, 0.1) is 11.8 Å². The first-order valence-electron chi connectivity index (χ1n) is 8.65. The molecule has 2 fully saturated rings. The van der Waals surface area contributed by atoms with Gasteiger partial charge in [-0.1, -0.05) is 0 Å². The second kappa shape index (κ2) is 8.93. The predicted molar refractivity (Wildman–Crippen MR) is 87.8 cm³/mol. The largest absolute Gasteiger partial charge is 0.334 e. The number of rotatable bonds is 4. The first-order valence-corrected chi connectivity index (χ1v) is 8.65. The molecule has 0 aromatic carbocycles. The van der Waals surface area contributed by atoms with E-state index in [-0.39, 0.29) is 24.1 Å². The maximum absolute atomic E-state index is 11.2. The van der Waals surface area contributed by atoms with Crippen molar-refractivity contribution < 1.29 is 9.59 Å². The van der Waals surface area contributed by atoms with Gasteiger partial charge in [0.2, 0.25) is 0 Å². The summed E-state index contributed by atoms with van der Waals surface area (Å²) >= 11 is 0. The minimum Gasteiger partial charge on any atom is -0.334 e. The zero-order chi connectivity index (χ0) is 16.7. The van der Waals surface area contributed by atoms with Gasteiger partial charge in [-0.15, -0.1) is 0 Å². The second-order valence-electron chi connectivity index (χ2n) is 6.91. The number of hydrogen-bond acceptors (Lipinski definition) is 4. The molecular weight excluding hydrogens is 296 g/mol. The number of hydrazine groups is 2. The minimum absolute atomic E-state index is 0.254. The van der Waals surface area contributed by atoms with Crippen LogP contribution in [0.1, 0.15) is 57.8 Å². The van der Waals surface area contributed by atoms with Crippen molar-refractivity contribution in [2.75, 3.05) is 0 Å². The summed E-state index contributed by atoms with van der Waals surface area (Å²) in [4.78, 5) is 22.4. The van der Waals surface area contributed by atoms with Crippen LogP contribution in [0.5, 0.6) is 0 Å². The standard InChI is InChI=1S/C15H30N6O2/c16-20-14(22)18-12-5-1-10(2-6-12)9-11-3-7-13(8-4-11)19-15(23)21-17/h10-13H,1-9,16-17H2,(H2,18,20,22)(H2,19,21,23). The van der Waals surface area contributed by atoms with Gasteiger partial charge in [0.05, 0.1) is 0 Å². The van der Waals surface area contributed by atoms with Crippen LogP contribution in [-0.2, 0) is 0 Å². The summed E-state index contributed by atoms with van der Waals surface area (Å²) < 4.78 is 0. The summed E-state index contributed by atoms with van der Waals surface area (Å²) in [6.45, 7) is 0. The molecule has 8 N–H and O–H groups in total. The number of nitrogens with two attached hydrogens (primary N) is 2. The van der Waals surface area contributed by atoms with E-state index in [0.29, 0.717) is 0 Å². The van der Waals surface area contributed by atoms with E-state index in [2.05, 4.69) is 21.5 Å². The summed E-state index contributed by atoms with van der Waals surface area (Å²) in [5.74, 6) is 11.7. The molecule has 2 aliphatic rings. The predicted octanol–water partition coefficient (Wildman–Crippen LogP) is 0.840. The first kappa shape index (κ1) is 17.8. The van der Waals surface area contributed by atoms with E-state index in [0.717, 1.165) is 37.5 Å². The number of urea groups is 2. The van der Waals surface area contributed by atoms with Crippen molar-refractivity contribution in [2.24, 2.45) is 23.5 Å². The molecule has 132 valence electrons. The highest BCUT2D eigenvalue weighted by Gasteiger charge is 2.27. The lowest BCUT2D eigenvalue weighted by Crippen LogP contribution is -2.46. The molecule has 0 saturated heterocycles. The smallest absolute Gasteiger partial charge is 0.329 e. The SMILES string of the molecule is NNC(=O)NC1CCC(CC2CCC(NC(=O)NN)CC2)CC1. The summed E-state index contributed by atoms with van der Waals surface area (Å²) in [7, 11) is 0. The van der Waals surface area contributed by atoms with E-state index in [9.17, 15) is 9.59 Å². The van der Waals surface area contributed by atoms with Gasteiger partial charge in [0.15, 0.2) is 0 Å². The Hall–Kier alpha value is -1.54. The zero-order valence-corrected chi connectivity index (χ0v) is 13.6. The average Bonchev–Trinajstić information content (AvgIpc) is 2.58. The maximum Gasteiger partial charge on any atom is 0.329 e. The molecule has 0 aromatic heterocycles. The van der Waals surface area contributed by atoms with Crippen molar-refractivity contribution in [1.29, 1.82) is 0 Å². The lowest BCUT2D eigenvalue weighted by molar-refractivity contribution is 0.198. The monoisotopic (exact) mass is 326 g/mol. The lowest BCUT2D eigenvalue weighted by Gasteiger charge is -2.34. The molecule has 4 amide bonds.